The van der Waals surface area contributed by atoms with Crippen LogP contribution in [0.3, 0.4) is 0 Å². The molecule has 1 atom stereocenters. The highest BCUT2D eigenvalue weighted by Gasteiger charge is 2.24. The van der Waals surface area contributed by atoms with E-state index in [9.17, 15) is 13.9 Å². The number of nitrogens with zero attached hydrogens (tertiary/aromatic N) is 1. The fraction of sp³-hybridized carbons (Fsp3) is 0.375. The Balaban J connectivity index is 1.36. The second kappa shape index (κ2) is 12.4. The number of hydrogen-bond donors (Lipinski definition) is 1. The van der Waals surface area contributed by atoms with Gasteiger partial charge in [0.15, 0.2) is 0 Å². The van der Waals surface area contributed by atoms with E-state index < -0.39 is 6.67 Å². The number of benzene rings is 3. The second-order valence-corrected chi connectivity index (χ2v) is 9.95. The molecular weight excluding hydrogens is 484 g/mol. The van der Waals surface area contributed by atoms with Crippen LogP contribution >= 0.6 is 0 Å². The zero-order valence-corrected chi connectivity index (χ0v) is 21.7. The van der Waals surface area contributed by atoms with Gasteiger partial charge < -0.3 is 14.6 Å². The molecule has 200 valence electrons. The van der Waals surface area contributed by atoms with Crippen LogP contribution in [0.5, 0.6) is 17.2 Å². The van der Waals surface area contributed by atoms with Crippen LogP contribution in [0.15, 0.2) is 66.7 Å². The predicted molar refractivity (Wildman–Crippen MR) is 148 cm³/mol. The molecule has 0 aromatic heterocycles. The van der Waals surface area contributed by atoms with Crippen molar-refractivity contribution in [3.8, 4) is 28.4 Å². The largest absolute Gasteiger partial charge is 0.507 e. The van der Waals surface area contributed by atoms with Gasteiger partial charge in [-0.3, -0.25) is 9.29 Å². The first-order valence-electron chi connectivity index (χ1n) is 13.6. The molecule has 0 saturated carbocycles. The average molecular weight is 520 g/mol. The maximum absolute atomic E-state index is 12.5. The molecule has 3 aromatic carbocycles. The molecule has 0 bridgehead atoms. The number of hydrogen-bond acceptors (Lipinski definition) is 4. The molecular formula is C32H35F2NO3. The SMILES string of the molecule is Oc1ccc2c(c1-c1ccc(OCCF)cc1)CCCC=C2c1ccc(O[C@H]2CCN(CCCF)C2)cc1. The minimum Gasteiger partial charge on any atom is -0.507 e. The van der Waals surface area contributed by atoms with Crippen LogP contribution in [0.2, 0.25) is 0 Å². The number of allylic oxidation sites excluding steroid dienone is 1. The number of phenols is 1. The number of phenolic OH excluding ortho intramolecular Hbond substituents is 1. The van der Waals surface area contributed by atoms with Gasteiger partial charge in [0.1, 0.15) is 36.6 Å². The molecule has 1 N–H and O–H groups in total. The molecule has 3 aromatic rings. The molecule has 4 nitrogen and oxygen atoms in total. The van der Waals surface area contributed by atoms with Gasteiger partial charge in [-0.1, -0.05) is 36.4 Å². The zero-order chi connectivity index (χ0) is 26.3. The van der Waals surface area contributed by atoms with E-state index in [1.165, 1.54) is 0 Å². The molecule has 1 saturated heterocycles. The third-order valence-corrected chi connectivity index (χ3v) is 7.35. The first-order chi connectivity index (χ1) is 18.7. The van der Waals surface area contributed by atoms with Crippen molar-refractivity contribution >= 4 is 5.57 Å². The third-order valence-electron chi connectivity index (χ3n) is 7.35. The Morgan fingerprint density at radius 2 is 1.66 bits per heavy atom. The van der Waals surface area contributed by atoms with E-state index in [0.717, 1.165) is 84.5 Å². The minimum absolute atomic E-state index is 0.0306. The van der Waals surface area contributed by atoms with Gasteiger partial charge in [0.25, 0.3) is 0 Å². The van der Waals surface area contributed by atoms with Crippen LogP contribution in [0, 0.1) is 0 Å². The fourth-order valence-corrected chi connectivity index (χ4v) is 5.54. The lowest BCUT2D eigenvalue weighted by Gasteiger charge is -2.19. The van der Waals surface area contributed by atoms with Crippen molar-refractivity contribution < 1.29 is 23.4 Å². The number of halogens is 2. The predicted octanol–water partition coefficient (Wildman–Crippen LogP) is 6.99. The van der Waals surface area contributed by atoms with Gasteiger partial charge in [0.05, 0.1) is 6.67 Å². The molecule has 6 heteroatoms. The number of ether oxygens (including phenoxy) is 2. The molecule has 5 rings (SSSR count). The zero-order valence-electron chi connectivity index (χ0n) is 21.7. The third kappa shape index (κ3) is 6.02. The molecule has 2 aliphatic rings. The maximum atomic E-state index is 12.5. The number of fused-ring (bicyclic) bond motifs is 1. The van der Waals surface area contributed by atoms with E-state index in [-0.39, 0.29) is 25.1 Å². The van der Waals surface area contributed by atoms with Gasteiger partial charge in [-0.2, -0.15) is 0 Å². The minimum atomic E-state index is -0.530. The average Bonchev–Trinajstić information content (AvgIpc) is 3.28. The van der Waals surface area contributed by atoms with Crippen molar-refractivity contribution in [2.24, 2.45) is 0 Å². The Bertz CT molecular complexity index is 1240. The van der Waals surface area contributed by atoms with Gasteiger partial charge in [-0.25, -0.2) is 4.39 Å². The maximum Gasteiger partial charge on any atom is 0.123 e. The number of likely N-dealkylation sites (tertiary alicyclic amines) is 1. The molecule has 38 heavy (non-hydrogen) atoms. The molecule has 0 unspecified atom stereocenters. The lowest BCUT2D eigenvalue weighted by molar-refractivity contribution is 0.198. The highest BCUT2D eigenvalue weighted by atomic mass is 19.1. The highest BCUT2D eigenvalue weighted by Crippen LogP contribution is 2.41. The van der Waals surface area contributed by atoms with Gasteiger partial charge in [-0.05, 0) is 90.3 Å². The first-order valence-corrected chi connectivity index (χ1v) is 13.6. The van der Waals surface area contributed by atoms with Gasteiger partial charge >= 0.3 is 0 Å². The quantitative estimate of drug-likeness (QED) is 0.314. The van der Waals surface area contributed by atoms with Crippen molar-refractivity contribution in [2.75, 3.05) is 39.6 Å². The molecule has 1 aliphatic carbocycles. The van der Waals surface area contributed by atoms with Crippen LogP contribution in [0.25, 0.3) is 16.7 Å². The van der Waals surface area contributed by atoms with E-state index in [4.69, 9.17) is 9.47 Å². The van der Waals surface area contributed by atoms with E-state index in [1.807, 2.05) is 42.5 Å². The smallest absolute Gasteiger partial charge is 0.123 e. The Kier molecular flexibility index (Phi) is 8.59. The summed E-state index contributed by atoms with van der Waals surface area (Å²) in [4.78, 5) is 2.27. The van der Waals surface area contributed by atoms with E-state index in [2.05, 4.69) is 23.1 Å². The lowest BCUT2D eigenvalue weighted by Crippen LogP contribution is -2.26. The van der Waals surface area contributed by atoms with Crippen molar-refractivity contribution in [3.63, 3.8) is 0 Å². The van der Waals surface area contributed by atoms with Crippen molar-refractivity contribution in [1.29, 1.82) is 0 Å². The van der Waals surface area contributed by atoms with Gasteiger partial charge in [0.2, 0.25) is 0 Å². The highest BCUT2D eigenvalue weighted by molar-refractivity contribution is 5.87. The monoisotopic (exact) mass is 519 g/mol. The standard InChI is InChI=1S/C32H35F2NO3/c33-17-3-19-35-20-16-27(22-35)38-26-12-6-23(7-13-26)28-4-1-2-5-30-29(28)14-15-31(36)32(30)24-8-10-25(11-9-24)37-21-18-34/h4,6-15,27,36H,1-3,5,16-22H2/t27-/m0/s1. The summed E-state index contributed by atoms with van der Waals surface area (Å²) in [7, 11) is 0. The summed E-state index contributed by atoms with van der Waals surface area (Å²) in [5.41, 5.74) is 6.28. The summed E-state index contributed by atoms with van der Waals surface area (Å²) >= 11 is 0. The normalized spacial score (nSPS) is 17.5. The van der Waals surface area contributed by atoms with E-state index >= 15 is 0 Å². The van der Waals surface area contributed by atoms with Crippen LogP contribution in [-0.2, 0) is 6.42 Å². The van der Waals surface area contributed by atoms with Crippen LogP contribution in [0.1, 0.15) is 42.4 Å². The van der Waals surface area contributed by atoms with Crippen LogP contribution in [0.4, 0.5) is 8.78 Å². The van der Waals surface area contributed by atoms with Crippen molar-refractivity contribution in [3.05, 3.63) is 83.4 Å². The summed E-state index contributed by atoms with van der Waals surface area (Å²) in [6.07, 6.45) is 6.77. The topological polar surface area (TPSA) is 41.9 Å². The summed E-state index contributed by atoms with van der Waals surface area (Å²) in [6, 6.07) is 19.5. The van der Waals surface area contributed by atoms with E-state index in [1.54, 1.807) is 6.07 Å². The number of aromatic hydroxyl groups is 1. The molecule has 1 aliphatic heterocycles. The van der Waals surface area contributed by atoms with Crippen LogP contribution < -0.4 is 9.47 Å². The van der Waals surface area contributed by atoms with E-state index in [0.29, 0.717) is 12.2 Å². The fourth-order valence-electron chi connectivity index (χ4n) is 5.54. The molecule has 1 heterocycles. The summed E-state index contributed by atoms with van der Waals surface area (Å²) in [5.74, 6) is 1.71. The Hall–Kier alpha value is -3.38. The Labute approximate surface area is 223 Å². The van der Waals surface area contributed by atoms with Crippen molar-refractivity contribution in [2.45, 2.75) is 38.2 Å². The molecule has 0 spiro atoms. The molecule has 0 radical (unpaired) electrons. The van der Waals surface area contributed by atoms with Crippen LogP contribution in [-0.4, -0.2) is 55.7 Å². The summed E-state index contributed by atoms with van der Waals surface area (Å²) < 4.78 is 36.6. The molecule has 0 amide bonds. The van der Waals surface area contributed by atoms with Crippen molar-refractivity contribution in [1.82, 2.24) is 4.90 Å². The first kappa shape index (κ1) is 26.2. The Morgan fingerprint density at radius 1 is 0.895 bits per heavy atom. The summed E-state index contributed by atoms with van der Waals surface area (Å²) in [6.45, 7) is 1.81. The molecule has 1 fully saturated rings. The number of alkyl halides is 2. The van der Waals surface area contributed by atoms with Gasteiger partial charge in [-0.15, -0.1) is 0 Å². The Morgan fingerprint density at radius 3 is 2.42 bits per heavy atom. The second-order valence-electron chi connectivity index (χ2n) is 9.95. The summed E-state index contributed by atoms with van der Waals surface area (Å²) in [5, 5.41) is 10.9. The van der Waals surface area contributed by atoms with Gasteiger partial charge in [0, 0.05) is 25.2 Å². The lowest BCUT2D eigenvalue weighted by atomic mass is 9.87. The number of rotatable bonds is 10.